The molecule has 0 saturated heterocycles. The molecule has 3 heterocycles. The minimum absolute atomic E-state index is 0.00648. The summed E-state index contributed by atoms with van der Waals surface area (Å²) < 4.78 is 4.17. The van der Waals surface area contributed by atoms with Gasteiger partial charge in [0.05, 0.1) is 18.4 Å². The molecule has 0 fully saturated rings. The Balaban J connectivity index is 2.09. The van der Waals surface area contributed by atoms with Gasteiger partial charge in [-0.3, -0.25) is 9.36 Å². The molecule has 3 rings (SSSR count). The van der Waals surface area contributed by atoms with Gasteiger partial charge in [0, 0.05) is 19.4 Å². The first-order valence-electron chi connectivity index (χ1n) is 5.14. The first-order chi connectivity index (χ1) is 8.25. The molecule has 3 aromatic heterocycles. The standard InChI is InChI=1S/C11H10N4OS/c1-14-4-3-12-9(14)6-15-7-13-8-2-5-17-10(8)11(15)16/h2-5,7H,6H2,1H3. The normalized spacial score (nSPS) is 11.1. The summed E-state index contributed by atoms with van der Waals surface area (Å²) in [6.07, 6.45) is 5.15. The fourth-order valence-corrected chi connectivity index (χ4v) is 2.49. The molecule has 0 aliphatic heterocycles. The zero-order valence-electron chi connectivity index (χ0n) is 9.20. The first-order valence-corrected chi connectivity index (χ1v) is 6.02. The van der Waals surface area contributed by atoms with E-state index in [1.807, 2.05) is 29.3 Å². The Bertz CT molecular complexity index is 724. The van der Waals surface area contributed by atoms with Gasteiger partial charge in [0.2, 0.25) is 0 Å². The molecule has 0 aliphatic carbocycles. The number of aromatic nitrogens is 4. The number of imidazole rings is 1. The minimum atomic E-state index is -0.00648. The topological polar surface area (TPSA) is 52.7 Å². The van der Waals surface area contributed by atoms with E-state index >= 15 is 0 Å². The first kappa shape index (κ1) is 10.2. The lowest BCUT2D eigenvalue weighted by Gasteiger charge is -2.04. The minimum Gasteiger partial charge on any atom is -0.337 e. The van der Waals surface area contributed by atoms with Crippen LogP contribution in [0.15, 0.2) is 35.0 Å². The van der Waals surface area contributed by atoms with Crippen LogP contribution in [0.3, 0.4) is 0 Å². The van der Waals surface area contributed by atoms with Crippen LogP contribution in [0.5, 0.6) is 0 Å². The third kappa shape index (κ3) is 1.66. The van der Waals surface area contributed by atoms with Gasteiger partial charge < -0.3 is 4.57 Å². The lowest BCUT2D eigenvalue weighted by Crippen LogP contribution is -2.21. The van der Waals surface area contributed by atoms with Crippen LogP contribution in [0.25, 0.3) is 10.2 Å². The summed E-state index contributed by atoms with van der Waals surface area (Å²) in [5.74, 6) is 0.838. The van der Waals surface area contributed by atoms with E-state index in [4.69, 9.17) is 0 Å². The molecule has 5 nitrogen and oxygen atoms in total. The second-order valence-electron chi connectivity index (χ2n) is 3.77. The lowest BCUT2D eigenvalue weighted by atomic mass is 10.4. The monoisotopic (exact) mass is 246 g/mol. The van der Waals surface area contributed by atoms with E-state index < -0.39 is 0 Å². The van der Waals surface area contributed by atoms with Crippen molar-refractivity contribution >= 4 is 21.6 Å². The molecular formula is C11H10N4OS. The zero-order chi connectivity index (χ0) is 11.8. The number of fused-ring (bicyclic) bond motifs is 1. The Labute approximate surface area is 101 Å². The Hall–Kier alpha value is -1.95. The summed E-state index contributed by atoms with van der Waals surface area (Å²) in [7, 11) is 1.91. The molecule has 0 atom stereocenters. The van der Waals surface area contributed by atoms with Crippen molar-refractivity contribution in [3.63, 3.8) is 0 Å². The maximum absolute atomic E-state index is 12.1. The molecule has 0 radical (unpaired) electrons. The Morgan fingerprint density at radius 2 is 2.29 bits per heavy atom. The van der Waals surface area contributed by atoms with Crippen LogP contribution in [0.1, 0.15) is 5.82 Å². The molecule has 0 aromatic carbocycles. The summed E-state index contributed by atoms with van der Waals surface area (Å²) in [4.78, 5) is 20.6. The number of aryl methyl sites for hydroxylation is 1. The predicted octanol–water partition coefficient (Wildman–Crippen LogP) is 1.24. The van der Waals surface area contributed by atoms with Crippen molar-refractivity contribution in [1.29, 1.82) is 0 Å². The van der Waals surface area contributed by atoms with Crippen LogP contribution in [-0.2, 0) is 13.6 Å². The van der Waals surface area contributed by atoms with E-state index in [2.05, 4.69) is 9.97 Å². The second kappa shape index (κ2) is 3.81. The molecule has 0 spiro atoms. The molecule has 0 N–H and O–H groups in total. The van der Waals surface area contributed by atoms with Gasteiger partial charge in [-0.25, -0.2) is 9.97 Å². The van der Waals surface area contributed by atoms with Crippen molar-refractivity contribution in [3.05, 3.63) is 46.3 Å². The molecule has 0 aliphatic rings. The quantitative estimate of drug-likeness (QED) is 0.683. The molecule has 3 aromatic rings. The van der Waals surface area contributed by atoms with Crippen LogP contribution >= 0.6 is 11.3 Å². The number of nitrogens with zero attached hydrogens (tertiary/aromatic N) is 4. The van der Waals surface area contributed by atoms with Crippen LogP contribution in [0, 0.1) is 0 Å². The lowest BCUT2D eigenvalue weighted by molar-refractivity contribution is 0.674. The van der Waals surface area contributed by atoms with Crippen LogP contribution in [0.4, 0.5) is 0 Å². The fourth-order valence-electron chi connectivity index (χ4n) is 1.69. The number of thiophene rings is 1. The third-order valence-corrected chi connectivity index (χ3v) is 3.56. The van der Waals surface area contributed by atoms with Crippen molar-refractivity contribution in [3.8, 4) is 0 Å². The van der Waals surface area contributed by atoms with Gasteiger partial charge in [0.1, 0.15) is 10.5 Å². The summed E-state index contributed by atoms with van der Waals surface area (Å²) in [5.41, 5.74) is 0.754. The molecular weight excluding hydrogens is 236 g/mol. The highest BCUT2D eigenvalue weighted by Gasteiger charge is 2.07. The predicted molar refractivity (Wildman–Crippen MR) is 66.2 cm³/mol. The molecule has 0 unspecified atom stereocenters. The van der Waals surface area contributed by atoms with E-state index in [9.17, 15) is 4.79 Å². The highest BCUT2D eigenvalue weighted by molar-refractivity contribution is 7.17. The second-order valence-corrected chi connectivity index (χ2v) is 4.68. The zero-order valence-corrected chi connectivity index (χ0v) is 10.0. The van der Waals surface area contributed by atoms with E-state index in [1.54, 1.807) is 17.1 Å². The molecule has 0 bridgehead atoms. The fraction of sp³-hybridized carbons (Fsp3) is 0.182. The summed E-state index contributed by atoms with van der Waals surface area (Å²) in [6.45, 7) is 0.448. The van der Waals surface area contributed by atoms with Crippen molar-refractivity contribution in [2.24, 2.45) is 7.05 Å². The number of hydrogen-bond acceptors (Lipinski definition) is 4. The molecule has 17 heavy (non-hydrogen) atoms. The van der Waals surface area contributed by atoms with Crippen LogP contribution < -0.4 is 5.56 Å². The molecule has 0 saturated carbocycles. The highest BCUT2D eigenvalue weighted by atomic mass is 32.1. The largest absolute Gasteiger partial charge is 0.337 e. The van der Waals surface area contributed by atoms with E-state index in [0.29, 0.717) is 11.2 Å². The average molecular weight is 246 g/mol. The van der Waals surface area contributed by atoms with Gasteiger partial charge in [0.15, 0.2) is 0 Å². The van der Waals surface area contributed by atoms with E-state index in [-0.39, 0.29) is 5.56 Å². The van der Waals surface area contributed by atoms with Crippen LogP contribution in [0.2, 0.25) is 0 Å². The molecule has 86 valence electrons. The van der Waals surface area contributed by atoms with Gasteiger partial charge in [-0.2, -0.15) is 0 Å². The average Bonchev–Trinajstić information content (AvgIpc) is 2.92. The van der Waals surface area contributed by atoms with Crippen molar-refractivity contribution in [1.82, 2.24) is 19.1 Å². The number of hydrogen-bond donors (Lipinski definition) is 0. The Kier molecular flexibility index (Phi) is 2.29. The Morgan fingerprint density at radius 3 is 3.06 bits per heavy atom. The van der Waals surface area contributed by atoms with Crippen molar-refractivity contribution in [2.75, 3.05) is 0 Å². The van der Waals surface area contributed by atoms with Crippen molar-refractivity contribution < 1.29 is 0 Å². The number of rotatable bonds is 2. The van der Waals surface area contributed by atoms with Gasteiger partial charge in [0.25, 0.3) is 5.56 Å². The summed E-state index contributed by atoms with van der Waals surface area (Å²) in [5, 5.41) is 1.88. The third-order valence-electron chi connectivity index (χ3n) is 2.67. The summed E-state index contributed by atoms with van der Waals surface area (Å²) >= 11 is 1.42. The molecule has 0 amide bonds. The van der Waals surface area contributed by atoms with Gasteiger partial charge in [-0.1, -0.05) is 0 Å². The SMILES string of the molecule is Cn1ccnc1Cn1cnc2ccsc2c1=O. The van der Waals surface area contributed by atoms with Gasteiger partial charge in [-0.05, 0) is 11.4 Å². The summed E-state index contributed by atoms with van der Waals surface area (Å²) in [6, 6.07) is 1.85. The maximum atomic E-state index is 12.1. The molecule has 6 heteroatoms. The van der Waals surface area contributed by atoms with Gasteiger partial charge >= 0.3 is 0 Å². The smallest absolute Gasteiger partial charge is 0.271 e. The maximum Gasteiger partial charge on any atom is 0.271 e. The van der Waals surface area contributed by atoms with Crippen molar-refractivity contribution in [2.45, 2.75) is 6.54 Å². The Morgan fingerprint density at radius 1 is 1.41 bits per heavy atom. The van der Waals surface area contributed by atoms with E-state index in [1.165, 1.54) is 11.3 Å². The van der Waals surface area contributed by atoms with E-state index in [0.717, 1.165) is 11.3 Å². The highest BCUT2D eigenvalue weighted by Crippen LogP contribution is 2.13. The van der Waals surface area contributed by atoms with Gasteiger partial charge in [-0.15, -0.1) is 11.3 Å². The van der Waals surface area contributed by atoms with Crippen LogP contribution in [-0.4, -0.2) is 19.1 Å².